The van der Waals surface area contributed by atoms with Crippen molar-refractivity contribution in [2.45, 2.75) is 46.0 Å². The first-order valence-electron chi connectivity index (χ1n) is 6.61. The molecule has 16 heavy (non-hydrogen) atoms. The zero-order chi connectivity index (χ0) is 11.9. The Labute approximate surface area is 100 Å². The molecule has 0 aromatic heterocycles. The quantitative estimate of drug-likeness (QED) is 0.516. The second-order valence-electron chi connectivity index (χ2n) is 5.78. The molecule has 1 atom stereocenters. The Morgan fingerprint density at radius 1 is 1.38 bits per heavy atom. The first-order chi connectivity index (χ1) is 7.64. The molecule has 0 heterocycles. The summed E-state index contributed by atoms with van der Waals surface area (Å²) in [5.74, 6) is 0.843. The summed E-state index contributed by atoms with van der Waals surface area (Å²) in [5.41, 5.74) is 0.0925. The fourth-order valence-electron chi connectivity index (χ4n) is 2.12. The van der Waals surface area contributed by atoms with Crippen molar-refractivity contribution in [1.29, 1.82) is 0 Å². The second kappa shape index (κ2) is 7.08. The normalized spacial score (nSPS) is 21.3. The lowest BCUT2D eigenvalue weighted by Crippen LogP contribution is -2.26. The van der Waals surface area contributed by atoms with Gasteiger partial charge in [-0.3, -0.25) is 0 Å². The van der Waals surface area contributed by atoms with E-state index in [1.54, 1.807) is 0 Å². The molecule has 2 heteroatoms. The Balaban J connectivity index is 1.97. The van der Waals surface area contributed by atoms with Gasteiger partial charge in [0.05, 0.1) is 0 Å². The Bertz CT molecular complexity index is 211. The van der Waals surface area contributed by atoms with Crippen molar-refractivity contribution in [3.8, 4) is 0 Å². The van der Waals surface area contributed by atoms with Gasteiger partial charge in [0.25, 0.3) is 0 Å². The summed E-state index contributed by atoms with van der Waals surface area (Å²) < 4.78 is 0. The molecular weight excluding hydrogens is 198 g/mol. The van der Waals surface area contributed by atoms with Crippen molar-refractivity contribution in [3.05, 3.63) is 12.2 Å². The highest BCUT2D eigenvalue weighted by atomic mass is 16.3. The van der Waals surface area contributed by atoms with Crippen LogP contribution in [0.15, 0.2) is 12.2 Å². The van der Waals surface area contributed by atoms with Gasteiger partial charge in [-0.05, 0) is 56.5 Å². The van der Waals surface area contributed by atoms with Crippen LogP contribution in [0.25, 0.3) is 0 Å². The third-order valence-corrected chi connectivity index (χ3v) is 3.45. The molecule has 1 unspecified atom stereocenters. The smallest absolute Gasteiger partial charge is 0.0482 e. The molecular formula is C14H27NO. The summed E-state index contributed by atoms with van der Waals surface area (Å²) in [4.78, 5) is 0. The number of allylic oxidation sites excluding steroid dienone is 2. The molecule has 0 saturated heterocycles. The Kier molecular flexibility index (Phi) is 6.07. The van der Waals surface area contributed by atoms with Gasteiger partial charge in [0.15, 0.2) is 0 Å². The summed E-state index contributed by atoms with van der Waals surface area (Å²) in [6.45, 7) is 6.78. The molecule has 2 N–H and O–H groups in total. The molecule has 2 nitrogen and oxygen atoms in total. The number of aliphatic hydroxyl groups excluding tert-OH is 1. The highest BCUT2D eigenvalue weighted by Gasteiger charge is 2.15. The van der Waals surface area contributed by atoms with Gasteiger partial charge in [-0.25, -0.2) is 0 Å². The number of hydrogen-bond acceptors (Lipinski definition) is 2. The van der Waals surface area contributed by atoms with Crippen LogP contribution < -0.4 is 5.32 Å². The molecule has 1 aliphatic rings. The van der Waals surface area contributed by atoms with Gasteiger partial charge >= 0.3 is 0 Å². The highest BCUT2D eigenvalue weighted by Crippen LogP contribution is 2.20. The minimum absolute atomic E-state index is 0.0925. The van der Waals surface area contributed by atoms with Crippen molar-refractivity contribution < 1.29 is 5.11 Å². The number of aliphatic hydroxyl groups is 1. The predicted molar refractivity (Wildman–Crippen MR) is 69.5 cm³/mol. The maximum Gasteiger partial charge on any atom is 0.0482 e. The minimum atomic E-state index is 0.0925. The van der Waals surface area contributed by atoms with Gasteiger partial charge in [0.2, 0.25) is 0 Å². The summed E-state index contributed by atoms with van der Waals surface area (Å²) in [6, 6.07) is 0. The lowest BCUT2D eigenvalue weighted by molar-refractivity contribution is 0.147. The van der Waals surface area contributed by atoms with Crippen LogP contribution in [0.4, 0.5) is 0 Å². The molecule has 0 radical (unpaired) electrons. The zero-order valence-electron chi connectivity index (χ0n) is 10.8. The van der Waals surface area contributed by atoms with Crippen molar-refractivity contribution in [3.63, 3.8) is 0 Å². The van der Waals surface area contributed by atoms with E-state index in [0.29, 0.717) is 6.61 Å². The minimum Gasteiger partial charge on any atom is -0.396 e. The van der Waals surface area contributed by atoms with E-state index in [9.17, 15) is 0 Å². The molecule has 0 amide bonds. The molecule has 0 saturated carbocycles. The van der Waals surface area contributed by atoms with Crippen LogP contribution in [0.5, 0.6) is 0 Å². The van der Waals surface area contributed by atoms with E-state index in [1.807, 2.05) is 0 Å². The van der Waals surface area contributed by atoms with E-state index in [-0.39, 0.29) is 5.41 Å². The standard InChI is InChI=1S/C14H27NO/c1-14(2,12-16)9-6-10-15-11-13-7-4-3-5-8-13/h3-4,13,15-16H,5-12H2,1-2H3. The summed E-state index contributed by atoms with van der Waals surface area (Å²) in [5, 5.41) is 12.7. The molecule has 1 aliphatic carbocycles. The monoisotopic (exact) mass is 225 g/mol. The Hall–Kier alpha value is -0.340. The maximum atomic E-state index is 9.13. The average Bonchev–Trinajstić information content (AvgIpc) is 2.30. The van der Waals surface area contributed by atoms with Crippen LogP contribution in [-0.4, -0.2) is 24.8 Å². The first kappa shape index (κ1) is 13.7. The molecule has 1 rings (SSSR count). The van der Waals surface area contributed by atoms with Crippen molar-refractivity contribution in [1.82, 2.24) is 5.32 Å². The topological polar surface area (TPSA) is 32.3 Å². The Morgan fingerprint density at radius 3 is 2.81 bits per heavy atom. The third-order valence-electron chi connectivity index (χ3n) is 3.45. The van der Waals surface area contributed by atoms with Crippen LogP contribution in [0.3, 0.4) is 0 Å². The average molecular weight is 225 g/mol. The number of nitrogens with one attached hydrogen (secondary N) is 1. The van der Waals surface area contributed by atoms with Crippen LogP contribution >= 0.6 is 0 Å². The predicted octanol–water partition coefficient (Wildman–Crippen LogP) is 2.73. The summed E-state index contributed by atoms with van der Waals surface area (Å²) in [6.07, 6.45) is 10.7. The Morgan fingerprint density at radius 2 is 2.19 bits per heavy atom. The van der Waals surface area contributed by atoms with Gasteiger partial charge in [-0.15, -0.1) is 0 Å². The fourth-order valence-corrected chi connectivity index (χ4v) is 2.12. The van der Waals surface area contributed by atoms with Crippen molar-refractivity contribution >= 4 is 0 Å². The van der Waals surface area contributed by atoms with E-state index < -0.39 is 0 Å². The molecule has 0 aromatic rings. The summed E-state index contributed by atoms with van der Waals surface area (Å²) in [7, 11) is 0. The van der Waals surface area contributed by atoms with Crippen LogP contribution in [0, 0.1) is 11.3 Å². The van der Waals surface area contributed by atoms with Gasteiger partial charge in [0, 0.05) is 6.61 Å². The molecule has 0 aromatic carbocycles. The van der Waals surface area contributed by atoms with Gasteiger partial charge in [0.1, 0.15) is 0 Å². The molecule has 0 spiro atoms. The molecule has 94 valence electrons. The fraction of sp³-hybridized carbons (Fsp3) is 0.857. The van der Waals surface area contributed by atoms with Crippen molar-refractivity contribution in [2.75, 3.05) is 19.7 Å². The number of rotatable bonds is 7. The van der Waals surface area contributed by atoms with E-state index in [4.69, 9.17) is 5.11 Å². The van der Waals surface area contributed by atoms with Crippen molar-refractivity contribution in [2.24, 2.45) is 11.3 Å². The summed E-state index contributed by atoms with van der Waals surface area (Å²) >= 11 is 0. The highest BCUT2D eigenvalue weighted by molar-refractivity contribution is 4.90. The largest absolute Gasteiger partial charge is 0.396 e. The van der Waals surface area contributed by atoms with Crippen LogP contribution in [-0.2, 0) is 0 Å². The van der Waals surface area contributed by atoms with Gasteiger partial charge in [-0.2, -0.15) is 0 Å². The SMILES string of the molecule is CC(C)(CO)CCCNCC1CC=CCC1. The zero-order valence-corrected chi connectivity index (χ0v) is 10.8. The molecule has 0 fully saturated rings. The van der Waals surface area contributed by atoms with E-state index in [2.05, 4.69) is 31.3 Å². The van der Waals surface area contributed by atoms with Crippen LogP contribution in [0.2, 0.25) is 0 Å². The van der Waals surface area contributed by atoms with Crippen LogP contribution in [0.1, 0.15) is 46.0 Å². The first-order valence-corrected chi connectivity index (χ1v) is 6.61. The van der Waals surface area contributed by atoms with E-state index in [1.165, 1.54) is 19.3 Å². The third kappa shape index (κ3) is 5.66. The second-order valence-corrected chi connectivity index (χ2v) is 5.78. The van der Waals surface area contributed by atoms with E-state index in [0.717, 1.165) is 31.8 Å². The van der Waals surface area contributed by atoms with Gasteiger partial charge in [-0.1, -0.05) is 26.0 Å². The lowest BCUT2D eigenvalue weighted by Gasteiger charge is -2.22. The maximum absolute atomic E-state index is 9.13. The lowest BCUT2D eigenvalue weighted by atomic mass is 9.89. The molecule has 0 aliphatic heterocycles. The number of hydrogen-bond donors (Lipinski definition) is 2. The van der Waals surface area contributed by atoms with E-state index >= 15 is 0 Å². The molecule has 0 bridgehead atoms. The van der Waals surface area contributed by atoms with Gasteiger partial charge < -0.3 is 10.4 Å².